The van der Waals surface area contributed by atoms with Gasteiger partial charge < -0.3 is 9.84 Å². The summed E-state index contributed by atoms with van der Waals surface area (Å²) in [5, 5.41) is 9.56. The van der Waals surface area contributed by atoms with Crippen LogP contribution < -0.4 is 0 Å². The summed E-state index contributed by atoms with van der Waals surface area (Å²) in [6, 6.07) is 5.43. The van der Waals surface area contributed by atoms with E-state index >= 15 is 0 Å². The van der Waals surface area contributed by atoms with Crippen LogP contribution in [0.4, 0.5) is 0 Å². The first-order valence-electron chi connectivity index (χ1n) is 5.82. The molecule has 0 bridgehead atoms. The summed E-state index contributed by atoms with van der Waals surface area (Å²) in [6.45, 7) is 4.30. The minimum Gasteiger partial charge on any atom is -0.508 e. The number of fused-ring (bicyclic) bond motifs is 1. The Morgan fingerprint density at radius 2 is 2.24 bits per heavy atom. The first kappa shape index (κ1) is 12.0. The van der Waals surface area contributed by atoms with Crippen LogP contribution in [0.1, 0.15) is 37.3 Å². The zero-order chi connectivity index (χ0) is 12.6. The van der Waals surface area contributed by atoms with Crippen molar-refractivity contribution in [2.75, 3.05) is 7.11 Å². The van der Waals surface area contributed by atoms with E-state index < -0.39 is 0 Å². The molecule has 0 unspecified atom stereocenters. The van der Waals surface area contributed by atoms with Gasteiger partial charge in [0.1, 0.15) is 5.75 Å². The molecule has 1 aliphatic carbocycles. The predicted molar refractivity (Wildman–Crippen MR) is 65.0 cm³/mol. The maximum absolute atomic E-state index is 11.5. The first-order chi connectivity index (χ1) is 7.94. The number of hydrogen-bond donors (Lipinski definition) is 1. The second-order valence-corrected chi connectivity index (χ2v) is 5.38. The number of methoxy groups -OCH3 is 1. The molecule has 1 aromatic carbocycles. The lowest BCUT2D eigenvalue weighted by Crippen LogP contribution is -2.21. The number of aromatic hydroxyl groups is 1. The monoisotopic (exact) mass is 234 g/mol. The highest BCUT2D eigenvalue weighted by Gasteiger charge is 2.40. The molecule has 1 N–H and O–H groups in total. The largest absolute Gasteiger partial charge is 0.508 e. The van der Waals surface area contributed by atoms with Crippen molar-refractivity contribution >= 4 is 5.97 Å². The molecule has 3 heteroatoms. The molecule has 2 rings (SSSR count). The fraction of sp³-hybridized carbons (Fsp3) is 0.500. The number of rotatable bonds is 2. The van der Waals surface area contributed by atoms with E-state index in [0.717, 1.165) is 12.0 Å². The number of benzene rings is 1. The molecule has 1 aliphatic rings. The summed E-state index contributed by atoms with van der Waals surface area (Å²) in [6.07, 6.45) is 1.31. The van der Waals surface area contributed by atoms with Crippen molar-refractivity contribution in [1.82, 2.24) is 0 Å². The highest BCUT2D eigenvalue weighted by Crippen LogP contribution is 2.49. The van der Waals surface area contributed by atoms with E-state index in [2.05, 4.69) is 13.8 Å². The second-order valence-electron chi connectivity index (χ2n) is 5.38. The Balaban J connectivity index is 2.36. The molecule has 0 saturated heterocycles. The van der Waals surface area contributed by atoms with Gasteiger partial charge in [-0.05, 0) is 35.1 Å². The van der Waals surface area contributed by atoms with Crippen molar-refractivity contribution in [2.45, 2.75) is 32.6 Å². The third-order valence-corrected chi connectivity index (χ3v) is 3.69. The van der Waals surface area contributed by atoms with E-state index in [4.69, 9.17) is 4.74 Å². The zero-order valence-corrected chi connectivity index (χ0v) is 10.5. The van der Waals surface area contributed by atoms with E-state index in [1.54, 1.807) is 12.1 Å². The molecule has 3 nitrogen and oxygen atoms in total. The fourth-order valence-electron chi connectivity index (χ4n) is 2.74. The van der Waals surface area contributed by atoms with Crippen LogP contribution in [-0.2, 0) is 16.0 Å². The van der Waals surface area contributed by atoms with Crippen LogP contribution in [0.5, 0.6) is 5.75 Å². The van der Waals surface area contributed by atoms with Crippen molar-refractivity contribution in [3.63, 3.8) is 0 Å². The molecule has 0 spiro atoms. The summed E-state index contributed by atoms with van der Waals surface area (Å²) in [7, 11) is 1.41. The van der Waals surface area contributed by atoms with Crippen molar-refractivity contribution < 1.29 is 14.6 Å². The van der Waals surface area contributed by atoms with Crippen molar-refractivity contribution in [3.8, 4) is 5.75 Å². The fourth-order valence-corrected chi connectivity index (χ4v) is 2.74. The van der Waals surface area contributed by atoms with Crippen LogP contribution in [0.2, 0.25) is 0 Å². The van der Waals surface area contributed by atoms with E-state index in [1.807, 2.05) is 6.07 Å². The molecule has 0 radical (unpaired) electrons. The topological polar surface area (TPSA) is 46.5 Å². The molecular weight excluding hydrogens is 216 g/mol. The normalized spacial score (nSPS) is 21.0. The maximum atomic E-state index is 11.5. The average Bonchev–Trinajstić information content (AvgIpc) is 2.50. The van der Waals surface area contributed by atoms with Gasteiger partial charge in [0.05, 0.1) is 13.5 Å². The number of carbonyl (C=O) groups excluding carboxylic acids is 1. The van der Waals surface area contributed by atoms with Crippen LogP contribution in [0.15, 0.2) is 18.2 Å². The van der Waals surface area contributed by atoms with Crippen molar-refractivity contribution in [2.24, 2.45) is 5.41 Å². The zero-order valence-electron chi connectivity index (χ0n) is 10.5. The van der Waals surface area contributed by atoms with Crippen LogP contribution in [0.25, 0.3) is 0 Å². The van der Waals surface area contributed by atoms with E-state index in [1.165, 1.54) is 12.7 Å². The molecule has 92 valence electrons. The van der Waals surface area contributed by atoms with Crippen molar-refractivity contribution in [1.29, 1.82) is 0 Å². The smallest absolute Gasteiger partial charge is 0.306 e. The molecule has 0 fully saturated rings. The molecule has 0 aliphatic heterocycles. The molecule has 1 atom stereocenters. The van der Waals surface area contributed by atoms with Gasteiger partial charge in [0, 0.05) is 5.92 Å². The summed E-state index contributed by atoms with van der Waals surface area (Å²) < 4.78 is 4.75. The Kier molecular flexibility index (Phi) is 2.86. The van der Waals surface area contributed by atoms with E-state index in [9.17, 15) is 9.90 Å². The van der Waals surface area contributed by atoms with Gasteiger partial charge in [-0.25, -0.2) is 0 Å². The van der Waals surface area contributed by atoms with Crippen LogP contribution in [0.3, 0.4) is 0 Å². The lowest BCUT2D eigenvalue weighted by Gasteiger charge is -2.26. The number of phenols is 1. The van der Waals surface area contributed by atoms with Gasteiger partial charge in [-0.2, -0.15) is 0 Å². The highest BCUT2D eigenvalue weighted by molar-refractivity contribution is 5.71. The van der Waals surface area contributed by atoms with Crippen LogP contribution in [0, 0.1) is 5.41 Å². The third kappa shape index (κ3) is 2.14. The molecule has 1 aromatic rings. The van der Waals surface area contributed by atoms with Gasteiger partial charge in [-0.3, -0.25) is 4.79 Å². The van der Waals surface area contributed by atoms with Gasteiger partial charge in [0.15, 0.2) is 0 Å². The SMILES string of the molecule is COC(=O)C[C@H]1c2cc(O)ccc2CC1(C)C. The Hall–Kier alpha value is -1.51. The summed E-state index contributed by atoms with van der Waals surface area (Å²) in [5.41, 5.74) is 2.34. The lowest BCUT2D eigenvalue weighted by molar-refractivity contribution is -0.141. The quantitative estimate of drug-likeness (QED) is 0.800. The summed E-state index contributed by atoms with van der Waals surface area (Å²) in [5.74, 6) is 0.188. The van der Waals surface area contributed by atoms with E-state index in [0.29, 0.717) is 6.42 Å². The molecule has 0 heterocycles. The number of hydrogen-bond acceptors (Lipinski definition) is 3. The maximum Gasteiger partial charge on any atom is 0.306 e. The number of carbonyl (C=O) groups is 1. The van der Waals surface area contributed by atoms with Crippen molar-refractivity contribution in [3.05, 3.63) is 29.3 Å². The average molecular weight is 234 g/mol. The van der Waals surface area contributed by atoms with Gasteiger partial charge in [-0.15, -0.1) is 0 Å². The van der Waals surface area contributed by atoms with Gasteiger partial charge >= 0.3 is 5.97 Å². The second kappa shape index (κ2) is 4.06. The van der Waals surface area contributed by atoms with E-state index in [-0.39, 0.29) is 23.1 Å². The summed E-state index contributed by atoms with van der Waals surface area (Å²) in [4.78, 5) is 11.5. The summed E-state index contributed by atoms with van der Waals surface area (Å²) >= 11 is 0. The van der Waals surface area contributed by atoms with Gasteiger partial charge in [0.25, 0.3) is 0 Å². The molecule has 0 amide bonds. The Bertz CT molecular complexity index is 449. The van der Waals surface area contributed by atoms with Gasteiger partial charge in [0.2, 0.25) is 0 Å². The third-order valence-electron chi connectivity index (χ3n) is 3.69. The van der Waals surface area contributed by atoms with Crippen LogP contribution >= 0.6 is 0 Å². The molecular formula is C14H18O3. The van der Waals surface area contributed by atoms with Crippen LogP contribution in [-0.4, -0.2) is 18.2 Å². The number of esters is 1. The number of phenolic OH excluding ortho intramolecular Hbond substituents is 1. The Morgan fingerprint density at radius 3 is 2.88 bits per heavy atom. The molecule has 17 heavy (non-hydrogen) atoms. The standard InChI is InChI=1S/C14H18O3/c1-14(2)8-9-4-5-10(15)6-11(9)12(14)7-13(16)17-3/h4-6,12,15H,7-8H2,1-3H3/t12-/m0/s1. The first-order valence-corrected chi connectivity index (χ1v) is 5.82. The predicted octanol–water partition coefficient (Wildman–Crippen LogP) is 2.62. The highest BCUT2D eigenvalue weighted by atomic mass is 16.5. The Morgan fingerprint density at radius 1 is 1.53 bits per heavy atom. The lowest BCUT2D eigenvalue weighted by atomic mass is 9.78. The number of ether oxygens (including phenoxy) is 1. The Labute approximate surface area is 101 Å². The molecule has 0 aromatic heterocycles. The minimum atomic E-state index is -0.195. The molecule has 0 saturated carbocycles. The minimum absolute atomic E-state index is 0.0321. The van der Waals surface area contributed by atoms with Gasteiger partial charge in [-0.1, -0.05) is 19.9 Å².